The number of aromatic nitrogens is 6. The first-order valence-electron chi connectivity index (χ1n) is 26.3. The second-order valence-electron chi connectivity index (χ2n) is 21.3. The predicted octanol–water partition coefficient (Wildman–Crippen LogP) is -1.08. The number of ether oxygens (including phenoxy) is 2. The number of amides is 4. The Morgan fingerprint density at radius 2 is 1.12 bits per heavy atom. The highest BCUT2D eigenvalue weighted by molar-refractivity contribution is 7.81. The number of carboxylic acids is 2. The van der Waals surface area contributed by atoms with Crippen LogP contribution in [0.1, 0.15) is 64.0 Å². The number of benzene rings is 2. The highest BCUT2D eigenvalue weighted by Gasteiger charge is 2.61. The number of hydrogen-bond acceptors (Lipinski definition) is 24. The van der Waals surface area contributed by atoms with Gasteiger partial charge in [0.25, 0.3) is 35.8 Å². The zero-order valence-corrected chi connectivity index (χ0v) is 48.8. The fraction of sp³-hybridized carbons (Fsp3) is 0.440. The molecule has 0 spiro atoms. The lowest BCUT2D eigenvalue weighted by atomic mass is 9.84. The van der Waals surface area contributed by atoms with E-state index in [-0.39, 0.29) is 33.7 Å². The summed E-state index contributed by atoms with van der Waals surface area (Å²) < 4.78 is 56.9. The fourth-order valence-corrected chi connectivity index (χ4v) is 12.1. The van der Waals surface area contributed by atoms with Gasteiger partial charge in [0.1, 0.15) is 60.3 Å². The van der Waals surface area contributed by atoms with Crippen LogP contribution in [0, 0.1) is 0 Å². The van der Waals surface area contributed by atoms with Crippen LogP contribution in [0.15, 0.2) is 69.9 Å². The normalized spacial score (nSPS) is 21.1. The average molecular weight is 1240 g/mol. The summed E-state index contributed by atoms with van der Waals surface area (Å²) in [6, 6.07) is 8.00. The lowest BCUT2D eigenvalue weighted by Gasteiger charge is -2.52. The van der Waals surface area contributed by atoms with E-state index in [9.17, 15) is 47.4 Å². The summed E-state index contributed by atoms with van der Waals surface area (Å²) in [5, 5.41) is 44.4. The number of oxime groups is 2. The van der Waals surface area contributed by atoms with Crippen molar-refractivity contribution in [1.82, 2.24) is 50.7 Å². The van der Waals surface area contributed by atoms with E-state index in [0.717, 1.165) is 83.5 Å². The molecule has 2 aromatic carbocycles. The van der Waals surface area contributed by atoms with Crippen molar-refractivity contribution in [2.24, 2.45) is 24.4 Å². The number of fused-ring (bicyclic) bond motifs is 2. The number of aliphatic carboxylic acids is 2. The summed E-state index contributed by atoms with van der Waals surface area (Å²) in [5.41, 5.74) is 8.68. The number of nitrogens with one attached hydrogen (secondary N) is 4. The predicted molar refractivity (Wildman–Crippen MR) is 298 cm³/mol. The third kappa shape index (κ3) is 12.1. The third-order valence-corrected chi connectivity index (χ3v) is 16.9. The summed E-state index contributed by atoms with van der Waals surface area (Å²) in [6.07, 6.45) is 2.35. The first-order valence-corrected chi connectivity index (χ1v) is 29.4. The SMILES string of the molecule is C[n+]1c2ccc(OC[C@H](O/N=C(\C(=O)N[C@@H]3C(=O)N(OS(=O)(=O)ON4C(=O)[C@@H](NC(=O)/C(=N\O[C@@H](COc5ccc6c(c5)cn([C@@H]5CCNC5)[n+]6C)C(=O)O)c5csc(N)n5)C4(C)C)C3(C)C)c3csc(N)n3)C(=O)O)cc2cn1[C@@H]1CCNC1. The Morgan fingerprint density at radius 1 is 0.718 bits per heavy atom. The summed E-state index contributed by atoms with van der Waals surface area (Å²) >= 11 is 1.83. The standard InChI is InChI=1S/C50H58N16O16S3/c1-49(2)39(57-41(67)37(31-23-83-47(51)55-31)59-79-35(45(71)72)21-77-29-7-9-33-25(15-29)19-63(61(33)5)27-11-13-53-17-27)43(69)65(49)81-85(75,76)82-66-44(70)40(50(66,3)4)58-42(68)38(32-24-84-48(52)56-32)60-80-36(46(73)74)22-78-30-8-10-34-26(16-30)20-64(62(34)6)28-12-14-54-18-28/h7-10,15-16,19-20,23-24,27-28,35-36,39-40,53-54H,11-14,17-18,21-22H2,1-6H3,(H6-2,51,52,55,56,57,58,67,68,71,72,73,74)/p+2/b59-37-,60-38-/t27-,28-,35+,36+,39-,40-/m1/s1. The molecule has 4 aromatic heterocycles. The van der Waals surface area contributed by atoms with Crippen LogP contribution in [0.25, 0.3) is 21.8 Å². The van der Waals surface area contributed by atoms with Gasteiger partial charge in [-0.05, 0) is 77.9 Å². The van der Waals surface area contributed by atoms with Gasteiger partial charge in [-0.25, -0.2) is 19.6 Å². The zero-order valence-electron chi connectivity index (χ0n) is 46.4. The third-order valence-electron chi connectivity index (χ3n) is 14.8. The quantitative estimate of drug-likeness (QED) is 0.0155. The molecule has 0 saturated carbocycles. The number of anilines is 2. The molecule has 452 valence electrons. The minimum absolute atomic E-state index is 0.00107. The van der Waals surface area contributed by atoms with Crippen molar-refractivity contribution in [2.75, 3.05) is 50.9 Å². The molecular formula is C50H60N16O16S3+2. The number of rotatable bonds is 24. The second-order valence-corrected chi connectivity index (χ2v) is 24.1. The molecule has 0 bridgehead atoms. The minimum Gasteiger partial charge on any atom is -0.489 e. The van der Waals surface area contributed by atoms with E-state index in [1.54, 1.807) is 24.3 Å². The first kappa shape index (κ1) is 59.5. The first-order chi connectivity index (χ1) is 40.3. The number of thiazole rings is 2. The van der Waals surface area contributed by atoms with E-state index in [1.807, 2.05) is 48.0 Å². The summed E-state index contributed by atoms with van der Waals surface area (Å²) in [4.78, 5) is 98.6. The Bertz CT molecular complexity index is 3570. The molecule has 4 fully saturated rings. The van der Waals surface area contributed by atoms with Crippen LogP contribution in [0.4, 0.5) is 10.3 Å². The number of carbonyl (C=O) groups excluding carboxylic acids is 4. The van der Waals surface area contributed by atoms with Gasteiger partial charge in [-0.15, -0.1) is 40.6 Å². The Morgan fingerprint density at radius 3 is 1.45 bits per heavy atom. The van der Waals surface area contributed by atoms with Gasteiger partial charge in [0.05, 0.1) is 34.2 Å². The maximum Gasteiger partial charge on any atom is 0.442 e. The molecule has 10 N–H and O–H groups in total. The molecule has 4 aliphatic heterocycles. The van der Waals surface area contributed by atoms with Crippen molar-refractivity contribution in [1.29, 1.82) is 0 Å². The number of aryl methyl sites for hydroxylation is 2. The molecular weight excluding hydrogens is 1180 g/mol. The van der Waals surface area contributed by atoms with Crippen molar-refractivity contribution in [2.45, 2.75) is 88.0 Å². The smallest absolute Gasteiger partial charge is 0.442 e. The number of nitrogens with two attached hydrogens (primary N) is 2. The monoisotopic (exact) mass is 1240 g/mol. The number of β-lactam (4-membered cyclic amide) rings is 2. The van der Waals surface area contributed by atoms with Gasteiger partial charge in [-0.3, -0.25) is 19.2 Å². The van der Waals surface area contributed by atoms with Crippen molar-refractivity contribution in [3.8, 4) is 11.5 Å². The lowest BCUT2D eigenvalue weighted by molar-refractivity contribution is -0.733. The van der Waals surface area contributed by atoms with Crippen molar-refractivity contribution in [3.05, 3.63) is 70.9 Å². The van der Waals surface area contributed by atoms with Gasteiger partial charge in [-0.2, -0.15) is 27.9 Å². The molecule has 6 atom stereocenters. The van der Waals surface area contributed by atoms with Crippen molar-refractivity contribution < 1.29 is 84.5 Å². The number of hydroxylamine groups is 4. The Balaban J connectivity index is 0.750. The Hall–Kier alpha value is -8.61. The van der Waals surface area contributed by atoms with Gasteiger partial charge in [-0.1, -0.05) is 10.3 Å². The lowest BCUT2D eigenvalue weighted by Crippen LogP contribution is -2.78. The van der Waals surface area contributed by atoms with Crippen LogP contribution in [0.2, 0.25) is 0 Å². The van der Waals surface area contributed by atoms with Crippen LogP contribution >= 0.6 is 22.7 Å². The molecule has 4 aliphatic rings. The minimum atomic E-state index is -5.35. The van der Waals surface area contributed by atoms with Crippen LogP contribution in [0.3, 0.4) is 0 Å². The zero-order chi connectivity index (χ0) is 60.9. The van der Waals surface area contributed by atoms with Crippen LogP contribution in [-0.4, -0.2) is 170 Å². The maximum absolute atomic E-state index is 13.9. The summed E-state index contributed by atoms with van der Waals surface area (Å²) in [6.45, 7) is 7.61. The van der Waals surface area contributed by atoms with Crippen LogP contribution in [0.5, 0.6) is 11.5 Å². The maximum atomic E-state index is 13.9. The molecule has 0 radical (unpaired) electrons. The van der Waals surface area contributed by atoms with Gasteiger partial charge in [0.15, 0.2) is 35.8 Å². The van der Waals surface area contributed by atoms with E-state index in [1.165, 1.54) is 38.5 Å². The summed E-state index contributed by atoms with van der Waals surface area (Å²) in [7, 11) is -1.47. The average Bonchev–Trinajstić information content (AvgIpc) is 3.24. The number of hydrogen-bond donors (Lipinski definition) is 8. The highest BCUT2D eigenvalue weighted by atomic mass is 32.3. The molecule has 0 aliphatic carbocycles. The number of carboxylic acid groups (broad SMARTS) is 2. The highest BCUT2D eigenvalue weighted by Crippen LogP contribution is 2.37. The number of nitrogen functional groups attached to an aromatic ring is 2. The molecule has 6 aromatic rings. The second kappa shape index (κ2) is 23.4. The molecule has 8 heterocycles. The molecule has 10 rings (SSSR count). The van der Waals surface area contributed by atoms with Gasteiger partial charge in [0, 0.05) is 36.0 Å². The fourth-order valence-electron chi connectivity index (χ4n) is 10.1. The van der Waals surface area contributed by atoms with E-state index >= 15 is 0 Å². The molecule has 0 unspecified atom stereocenters. The van der Waals surface area contributed by atoms with Crippen molar-refractivity contribution in [3.63, 3.8) is 0 Å². The van der Waals surface area contributed by atoms with Crippen LogP contribution < -0.4 is 51.6 Å². The molecule has 35 heteroatoms. The Kier molecular flexibility index (Phi) is 16.4. The van der Waals surface area contributed by atoms with E-state index in [4.69, 9.17) is 39.2 Å². The molecule has 85 heavy (non-hydrogen) atoms. The topological polar surface area (TPSA) is 407 Å². The molecule has 4 amide bonds. The van der Waals surface area contributed by atoms with Crippen molar-refractivity contribution >= 4 is 112 Å². The van der Waals surface area contributed by atoms with Gasteiger partial charge >= 0.3 is 22.3 Å². The van der Waals surface area contributed by atoms with E-state index < -0.39 is 106 Å². The Labute approximate surface area is 491 Å². The van der Waals surface area contributed by atoms with E-state index in [0.29, 0.717) is 21.6 Å². The summed E-state index contributed by atoms with van der Waals surface area (Å²) in [5.74, 6) is -6.79. The number of nitrogens with zero attached hydrogens (tertiary/aromatic N) is 10. The largest absolute Gasteiger partial charge is 0.489 e. The van der Waals surface area contributed by atoms with Gasteiger partial charge < -0.3 is 62.1 Å². The van der Waals surface area contributed by atoms with Crippen LogP contribution in [-0.2, 0) is 71.5 Å². The molecule has 4 saturated heterocycles. The number of carbonyl (C=O) groups is 6. The van der Waals surface area contributed by atoms with E-state index in [2.05, 4.69) is 50.9 Å². The van der Waals surface area contributed by atoms with Gasteiger partial charge in [0.2, 0.25) is 11.0 Å². The molecule has 32 nitrogen and oxygen atoms in total.